The molecule has 2 aromatic rings. The SMILES string of the molecule is COc1ccccc1C(=O)N1CC[C@H](Cc2ccccc2)[C@H](O)C1. The number of nitrogens with zero attached hydrogens (tertiary/aromatic N) is 1. The van der Waals surface area contributed by atoms with Crippen molar-refractivity contribution in [2.45, 2.75) is 18.9 Å². The van der Waals surface area contributed by atoms with Crippen LogP contribution in [0.1, 0.15) is 22.3 Å². The second kappa shape index (κ2) is 7.49. The highest BCUT2D eigenvalue weighted by molar-refractivity contribution is 5.97. The highest BCUT2D eigenvalue weighted by Crippen LogP contribution is 2.25. The van der Waals surface area contributed by atoms with Crippen LogP contribution in [-0.4, -0.2) is 42.2 Å². The van der Waals surface area contributed by atoms with Gasteiger partial charge in [-0.05, 0) is 36.5 Å². The monoisotopic (exact) mass is 325 g/mol. The molecule has 1 aliphatic heterocycles. The Morgan fingerprint density at radius 1 is 1.17 bits per heavy atom. The maximum atomic E-state index is 12.7. The molecule has 1 fully saturated rings. The van der Waals surface area contributed by atoms with Gasteiger partial charge in [0.2, 0.25) is 0 Å². The molecule has 3 rings (SSSR count). The molecule has 0 saturated carbocycles. The summed E-state index contributed by atoms with van der Waals surface area (Å²) in [6.07, 6.45) is 1.15. The van der Waals surface area contributed by atoms with Crippen molar-refractivity contribution in [2.24, 2.45) is 5.92 Å². The lowest BCUT2D eigenvalue weighted by molar-refractivity contribution is 0.0196. The summed E-state index contributed by atoms with van der Waals surface area (Å²) in [5, 5.41) is 10.5. The average Bonchev–Trinajstić information content (AvgIpc) is 2.63. The van der Waals surface area contributed by atoms with Gasteiger partial charge in [-0.1, -0.05) is 42.5 Å². The zero-order valence-electron chi connectivity index (χ0n) is 13.9. The first-order valence-electron chi connectivity index (χ1n) is 8.33. The van der Waals surface area contributed by atoms with Crippen LogP contribution in [-0.2, 0) is 6.42 Å². The van der Waals surface area contributed by atoms with E-state index in [0.717, 1.165) is 12.8 Å². The van der Waals surface area contributed by atoms with Crippen LogP contribution in [0, 0.1) is 5.92 Å². The minimum Gasteiger partial charge on any atom is -0.496 e. The van der Waals surface area contributed by atoms with E-state index in [-0.39, 0.29) is 11.8 Å². The van der Waals surface area contributed by atoms with E-state index in [0.29, 0.717) is 24.4 Å². The van der Waals surface area contributed by atoms with E-state index in [1.165, 1.54) is 5.56 Å². The first kappa shape index (κ1) is 16.5. The first-order chi connectivity index (χ1) is 11.7. The van der Waals surface area contributed by atoms with Crippen LogP contribution in [0.4, 0.5) is 0 Å². The lowest BCUT2D eigenvalue weighted by Crippen LogP contribution is -2.47. The third-order valence-electron chi connectivity index (χ3n) is 4.69. The minimum atomic E-state index is -0.502. The molecular weight excluding hydrogens is 302 g/mol. The molecule has 24 heavy (non-hydrogen) atoms. The molecule has 0 unspecified atom stereocenters. The fourth-order valence-electron chi connectivity index (χ4n) is 3.31. The van der Waals surface area contributed by atoms with Crippen LogP contribution in [0.25, 0.3) is 0 Å². The summed E-state index contributed by atoms with van der Waals surface area (Å²) >= 11 is 0. The molecule has 0 spiro atoms. The number of aliphatic hydroxyl groups excluding tert-OH is 1. The predicted octanol–water partition coefficient (Wildman–Crippen LogP) is 2.76. The number of carbonyl (C=O) groups excluding carboxylic acids is 1. The highest BCUT2D eigenvalue weighted by atomic mass is 16.5. The van der Waals surface area contributed by atoms with Crippen molar-refractivity contribution in [3.63, 3.8) is 0 Å². The number of benzene rings is 2. The smallest absolute Gasteiger partial charge is 0.257 e. The van der Waals surface area contributed by atoms with E-state index >= 15 is 0 Å². The van der Waals surface area contributed by atoms with Gasteiger partial charge in [0.25, 0.3) is 5.91 Å². The van der Waals surface area contributed by atoms with Gasteiger partial charge in [0, 0.05) is 13.1 Å². The fraction of sp³-hybridized carbons (Fsp3) is 0.350. The van der Waals surface area contributed by atoms with E-state index in [1.54, 1.807) is 24.1 Å². The molecule has 1 heterocycles. The quantitative estimate of drug-likeness (QED) is 0.940. The van der Waals surface area contributed by atoms with E-state index in [1.807, 2.05) is 30.3 Å². The summed E-state index contributed by atoms with van der Waals surface area (Å²) in [5.41, 5.74) is 1.78. The Kier molecular flexibility index (Phi) is 5.16. The second-order valence-corrected chi connectivity index (χ2v) is 6.26. The van der Waals surface area contributed by atoms with Gasteiger partial charge in [0.15, 0.2) is 0 Å². The van der Waals surface area contributed by atoms with Crippen molar-refractivity contribution in [1.82, 2.24) is 4.90 Å². The molecule has 1 aliphatic rings. The maximum Gasteiger partial charge on any atom is 0.257 e. The highest BCUT2D eigenvalue weighted by Gasteiger charge is 2.31. The first-order valence-corrected chi connectivity index (χ1v) is 8.33. The third kappa shape index (κ3) is 3.60. The summed E-state index contributed by atoms with van der Waals surface area (Å²) < 4.78 is 5.27. The van der Waals surface area contributed by atoms with Gasteiger partial charge in [-0.3, -0.25) is 4.79 Å². The molecule has 2 atom stereocenters. The number of ether oxygens (including phenoxy) is 1. The van der Waals surface area contributed by atoms with E-state index in [2.05, 4.69) is 12.1 Å². The number of rotatable bonds is 4. The van der Waals surface area contributed by atoms with Gasteiger partial charge in [0.1, 0.15) is 5.75 Å². The zero-order valence-corrected chi connectivity index (χ0v) is 13.9. The van der Waals surface area contributed by atoms with E-state index in [4.69, 9.17) is 4.74 Å². The maximum absolute atomic E-state index is 12.7. The van der Waals surface area contributed by atoms with Gasteiger partial charge in [-0.2, -0.15) is 0 Å². The fourth-order valence-corrected chi connectivity index (χ4v) is 3.31. The lowest BCUT2D eigenvalue weighted by atomic mass is 9.87. The molecule has 2 aromatic carbocycles. The number of β-amino-alcohol motifs (C(OH)–C–C–N with tert-alkyl or cyclic N) is 1. The Balaban J connectivity index is 1.65. The molecule has 126 valence electrons. The number of hydrogen-bond donors (Lipinski definition) is 1. The number of carbonyl (C=O) groups is 1. The van der Waals surface area contributed by atoms with Crippen LogP contribution in [0.5, 0.6) is 5.75 Å². The Labute approximate surface area is 142 Å². The zero-order chi connectivity index (χ0) is 16.9. The summed E-state index contributed by atoms with van der Waals surface area (Å²) in [6, 6.07) is 17.4. The number of amides is 1. The summed E-state index contributed by atoms with van der Waals surface area (Å²) in [6.45, 7) is 1.03. The average molecular weight is 325 g/mol. The predicted molar refractivity (Wildman–Crippen MR) is 93.2 cm³/mol. The molecule has 1 saturated heterocycles. The Hall–Kier alpha value is -2.33. The molecule has 0 aliphatic carbocycles. The summed E-state index contributed by atoms with van der Waals surface area (Å²) in [7, 11) is 1.56. The van der Waals surface area contributed by atoms with Gasteiger partial charge < -0.3 is 14.7 Å². The van der Waals surface area contributed by atoms with Crippen LogP contribution in [0.2, 0.25) is 0 Å². The van der Waals surface area contributed by atoms with Crippen molar-refractivity contribution < 1.29 is 14.6 Å². The van der Waals surface area contributed by atoms with Crippen molar-refractivity contribution in [3.8, 4) is 5.75 Å². The van der Waals surface area contributed by atoms with Gasteiger partial charge in [-0.15, -0.1) is 0 Å². The standard InChI is InChI=1S/C20H23NO3/c1-24-19-10-6-5-9-17(19)20(23)21-12-11-16(18(22)14-21)13-15-7-3-2-4-8-15/h2-10,16,18,22H,11-14H2,1H3/t16-,18-/m1/s1. The molecule has 0 aromatic heterocycles. The normalized spacial score (nSPS) is 20.7. The molecule has 0 radical (unpaired) electrons. The topological polar surface area (TPSA) is 49.8 Å². The summed E-state index contributed by atoms with van der Waals surface area (Å²) in [5.74, 6) is 0.683. The van der Waals surface area contributed by atoms with Gasteiger partial charge >= 0.3 is 0 Å². The van der Waals surface area contributed by atoms with Crippen molar-refractivity contribution >= 4 is 5.91 Å². The van der Waals surface area contributed by atoms with Crippen LogP contribution >= 0.6 is 0 Å². The molecule has 1 amide bonds. The van der Waals surface area contributed by atoms with Crippen LogP contribution in [0.3, 0.4) is 0 Å². The number of para-hydroxylation sites is 1. The number of hydrogen-bond acceptors (Lipinski definition) is 3. The lowest BCUT2D eigenvalue weighted by Gasteiger charge is -2.36. The number of methoxy groups -OCH3 is 1. The molecule has 4 heteroatoms. The summed E-state index contributed by atoms with van der Waals surface area (Å²) in [4.78, 5) is 14.5. The molecule has 4 nitrogen and oxygen atoms in total. The second-order valence-electron chi connectivity index (χ2n) is 6.26. The van der Waals surface area contributed by atoms with E-state index in [9.17, 15) is 9.90 Å². The number of aliphatic hydroxyl groups is 1. The van der Waals surface area contributed by atoms with Crippen LogP contribution in [0.15, 0.2) is 54.6 Å². The minimum absolute atomic E-state index is 0.0790. The number of piperidine rings is 1. The van der Waals surface area contributed by atoms with Gasteiger partial charge in [-0.25, -0.2) is 0 Å². The van der Waals surface area contributed by atoms with Crippen molar-refractivity contribution in [2.75, 3.05) is 20.2 Å². The van der Waals surface area contributed by atoms with Crippen LogP contribution < -0.4 is 4.74 Å². The molecule has 0 bridgehead atoms. The Morgan fingerprint density at radius 3 is 2.58 bits per heavy atom. The third-order valence-corrected chi connectivity index (χ3v) is 4.69. The Morgan fingerprint density at radius 2 is 1.88 bits per heavy atom. The number of likely N-dealkylation sites (tertiary alicyclic amines) is 1. The molecule has 1 N–H and O–H groups in total. The Bertz CT molecular complexity index is 686. The largest absolute Gasteiger partial charge is 0.496 e. The van der Waals surface area contributed by atoms with E-state index < -0.39 is 6.10 Å². The van der Waals surface area contributed by atoms with Gasteiger partial charge in [0.05, 0.1) is 18.8 Å². The van der Waals surface area contributed by atoms with Crippen molar-refractivity contribution in [1.29, 1.82) is 0 Å². The van der Waals surface area contributed by atoms with Crippen molar-refractivity contribution in [3.05, 3.63) is 65.7 Å². The molecular formula is C20H23NO3.